The van der Waals surface area contributed by atoms with Crippen molar-refractivity contribution in [2.24, 2.45) is 7.05 Å². The molecule has 4 heterocycles. The number of fused-ring (bicyclic) bond motifs is 3. The van der Waals surface area contributed by atoms with Gasteiger partial charge in [-0.1, -0.05) is 30.3 Å². The Balaban J connectivity index is 1.22. The van der Waals surface area contributed by atoms with Crippen molar-refractivity contribution in [2.75, 3.05) is 41.4 Å². The van der Waals surface area contributed by atoms with E-state index in [-0.39, 0.29) is 18.3 Å². The minimum Gasteiger partial charge on any atom is -0.460 e. The van der Waals surface area contributed by atoms with Crippen LogP contribution in [0.15, 0.2) is 67.0 Å². The second-order valence-corrected chi connectivity index (χ2v) is 10.1. The fourth-order valence-electron chi connectivity index (χ4n) is 5.38. The number of hydrogen-bond acceptors (Lipinski definition) is 8. The number of nitrogens with one attached hydrogen (secondary N) is 1. The average molecular weight is 555 g/mol. The molecular weight excluding hydrogens is 527 g/mol. The molecule has 2 aliphatic rings. The Hall–Kier alpha value is -5.06. The van der Waals surface area contributed by atoms with Crippen molar-refractivity contribution in [2.45, 2.75) is 13.0 Å². The summed E-state index contributed by atoms with van der Waals surface area (Å²) in [5, 5.41) is 2.67. The van der Waals surface area contributed by atoms with Gasteiger partial charge in [0.25, 0.3) is 11.7 Å². The molecule has 0 radical (unpaired) electrons. The number of benzene rings is 2. The number of carbonyl (C=O) groups excluding carboxylic acids is 3. The molecule has 41 heavy (non-hydrogen) atoms. The maximum Gasteiger partial charge on any atom is 0.340 e. The molecule has 208 valence electrons. The summed E-state index contributed by atoms with van der Waals surface area (Å²) in [4.78, 5) is 51.6. The molecule has 0 spiro atoms. The molecule has 1 fully saturated rings. The van der Waals surface area contributed by atoms with Crippen LogP contribution in [0.1, 0.15) is 26.5 Å². The molecule has 0 saturated carbocycles. The minimum atomic E-state index is -0.809. The summed E-state index contributed by atoms with van der Waals surface area (Å²) < 4.78 is 20.6. The normalized spacial score (nSPS) is 16.4. The molecular formula is C30H27FN6O4. The Bertz CT molecular complexity index is 1650. The van der Waals surface area contributed by atoms with Crippen LogP contribution in [0.2, 0.25) is 0 Å². The number of aryl methyl sites for hydroxylation is 1. The molecule has 1 atom stereocenters. The summed E-state index contributed by atoms with van der Waals surface area (Å²) in [5.41, 5.74) is 3.91. The summed E-state index contributed by atoms with van der Waals surface area (Å²) >= 11 is 0. The second kappa shape index (κ2) is 10.5. The first kappa shape index (κ1) is 26.2. The molecule has 1 N–H and O–H groups in total. The maximum atomic E-state index is 13.4. The van der Waals surface area contributed by atoms with Gasteiger partial charge in [0.05, 0.1) is 29.7 Å². The van der Waals surface area contributed by atoms with E-state index in [1.807, 2.05) is 48.2 Å². The maximum absolute atomic E-state index is 13.4. The van der Waals surface area contributed by atoms with E-state index in [9.17, 15) is 18.8 Å². The summed E-state index contributed by atoms with van der Waals surface area (Å²) in [7, 11) is 1.75. The van der Waals surface area contributed by atoms with E-state index in [4.69, 9.17) is 4.74 Å². The van der Waals surface area contributed by atoms with Crippen LogP contribution in [0.5, 0.6) is 0 Å². The van der Waals surface area contributed by atoms with Crippen LogP contribution in [0.4, 0.5) is 21.7 Å². The number of amides is 1. The lowest BCUT2D eigenvalue weighted by atomic mass is 10.0. The predicted octanol–water partition coefficient (Wildman–Crippen LogP) is 3.62. The smallest absolute Gasteiger partial charge is 0.340 e. The van der Waals surface area contributed by atoms with Crippen LogP contribution < -0.4 is 15.1 Å². The van der Waals surface area contributed by atoms with Gasteiger partial charge in [0.15, 0.2) is 5.82 Å². The first-order valence-corrected chi connectivity index (χ1v) is 13.2. The van der Waals surface area contributed by atoms with E-state index in [2.05, 4.69) is 20.2 Å². The lowest BCUT2D eigenvalue weighted by Gasteiger charge is -2.41. The zero-order valence-electron chi connectivity index (χ0n) is 22.5. The van der Waals surface area contributed by atoms with E-state index in [1.54, 1.807) is 23.7 Å². The lowest BCUT2D eigenvalue weighted by Crippen LogP contribution is -2.55. The van der Waals surface area contributed by atoms with E-state index < -0.39 is 23.5 Å². The van der Waals surface area contributed by atoms with Crippen molar-refractivity contribution < 1.29 is 23.5 Å². The number of anilines is 3. The van der Waals surface area contributed by atoms with Gasteiger partial charge < -0.3 is 24.4 Å². The summed E-state index contributed by atoms with van der Waals surface area (Å²) in [5.74, 6) is -2.11. The van der Waals surface area contributed by atoms with E-state index in [1.165, 1.54) is 6.07 Å². The summed E-state index contributed by atoms with van der Waals surface area (Å²) in [6, 6.07) is 16.1. The molecule has 4 aromatic rings. The van der Waals surface area contributed by atoms with Gasteiger partial charge >= 0.3 is 5.97 Å². The Kier molecular flexibility index (Phi) is 6.70. The summed E-state index contributed by atoms with van der Waals surface area (Å²) in [6.45, 7) is 3.60. The number of ketones is 1. The fourth-order valence-corrected chi connectivity index (χ4v) is 5.38. The molecule has 6 rings (SSSR count). The number of rotatable bonds is 5. The number of carbonyl (C=O) groups is 3. The van der Waals surface area contributed by atoms with Crippen molar-refractivity contribution in [1.29, 1.82) is 0 Å². The molecule has 0 bridgehead atoms. The SMILES string of the molecule is Cc1cc(-c2ccccc2)c(C(=O)C(=O)Nc2ccc3c(c2)C(=O)OC[C@H]2CN(c4ncc(F)cn4)CCN32)n1C. The quantitative estimate of drug-likeness (QED) is 0.226. The average Bonchev–Trinajstić information content (AvgIpc) is 3.21. The monoisotopic (exact) mass is 554 g/mol. The van der Waals surface area contributed by atoms with Gasteiger partial charge in [-0.3, -0.25) is 9.59 Å². The minimum absolute atomic E-state index is 0.139. The molecule has 1 amide bonds. The zero-order chi connectivity index (χ0) is 28.7. The van der Waals surface area contributed by atoms with E-state index >= 15 is 0 Å². The van der Waals surface area contributed by atoms with Gasteiger partial charge in [0.2, 0.25) is 5.95 Å². The first-order chi connectivity index (χ1) is 19.8. The van der Waals surface area contributed by atoms with Crippen molar-refractivity contribution in [3.63, 3.8) is 0 Å². The summed E-state index contributed by atoms with van der Waals surface area (Å²) in [6.07, 6.45) is 2.25. The third kappa shape index (κ3) is 4.90. The van der Waals surface area contributed by atoms with Gasteiger partial charge in [-0.05, 0) is 36.8 Å². The number of cyclic esters (lactones) is 1. The topological polar surface area (TPSA) is 110 Å². The van der Waals surface area contributed by atoms with Crippen LogP contribution in [-0.2, 0) is 16.6 Å². The molecule has 2 aromatic carbocycles. The van der Waals surface area contributed by atoms with Gasteiger partial charge in [-0.15, -0.1) is 0 Å². The second-order valence-electron chi connectivity index (χ2n) is 10.1. The molecule has 1 saturated heterocycles. The zero-order valence-corrected chi connectivity index (χ0v) is 22.5. The number of hydrogen-bond donors (Lipinski definition) is 1. The van der Waals surface area contributed by atoms with Crippen LogP contribution in [0.25, 0.3) is 11.1 Å². The van der Waals surface area contributed by atoms with E-state index in [0.717, 1.165) is 23.7 Å². The number of aromatic nitrogens is 3. The Morgan fingerprint density at radius 2 is 1.78 bits per heavy atom. The van der Waals surface area contributed by atoms with Gasteiger partial charge in [0.1, 0.15) is 12.3 Å². The fraction of sp³-hybridized carbons (Fsp3) is 0.233. The Morgan fingerprint density at radius 3 is 2.54 bits per heavy atom. The van der Waals surface area contributed by atoms with Crippen molar-refractivity contribution in [3.8, 4) is 11.1 Å². The van der Waals surface area contributed by atoms with Crippen LogP contribution in [0.3, 0.4) is 0 Å². The number of esters is 1. The Labute approximate surface area is 235 Å². The van der Waals surface area contributed by atoms with Gasteiger partial charge in [-0.25, -0.2) is 19.2 Å². The van der Waals surface area contributed by atoms with Crippen molar-refractivity contribution in [1.82, 2.24) is 14.5 Å². The molecule has 10 nitrogen and oxygen atoms in total. The molecule has 11 heteroatoms. The Morgan fingerprint density at radius 1 is 1.02 bits per heavy atom. The lowest BCUT2D eigenvalue weighted by molar-refractivity contribution is -0.112. The first-order valence-electron chi connectivity index (χ1n) is 13.2. The number of nitrogens with zero attached hydrogens (tertiary/aromatic N) is 5. The van der Waals surface area contributed by atoms with Gasteiger partial charge in [-0.2, -0.15) is 0 Å². The standard InChI is InChI=1S/C30H27FN6O4/c1-18-12-23(19-6-4-3-5-7-19)26(35(18)2)27(38)28(39)34-21-8-9-25-24(13-21)29(40)41-17-22-16-36(10-11-37(22)25)30-32-14-20(31)15-33-30/h3-9,12-15,22H,10-11,16-17H2,1-2H3,(H,34,39)/t22-/m1/s1. The largest absolute Gasteiger partial charge is 0.460 e. The van der Waals surface area contributed by atoms with Crippen molar-refractivity contribution in [3.05, 3.63) is 89.8 Å². The van der Waals surface area contributed by atoms with Crippen LogP contribution in [-0.4, -0.2) is 64.5 Å². The highest BCUT2D eigenvalue weighted by atomic mass is 19.1. The molecule has 2 aromatic heterocycles. The van der Waals surface area contributed by atoms with Crippen molar-refractivity contribution >= 4 is 35.0 Å². The van der Waals surface area contributed by atoms with E-state index in [0.29, 0.717) is 48.1 Å². The van der Waals surface area contributed by atoms with Gasteiger partial charge in [0, 0.05) is 43.6 Å². The third-order valence-corrected chi connectivity index (χ3v) is 7.54. The predicted molar refractivity (Wildman–Crippen MR) is 151 cm³/mol. The highest BCUT2D eigenvalue weighted by molar-refractivity contribution is 6.47. The molecule has 0 unspecified atom stereocenters. The third-order valence-electron chi connectivity index (χ3n) is 7.54. The number of piperazine rings is 1. The van der Waals surface area contributed by atoms with Crippen LogP contribution in [0, 0.1) is 12.7 Å². The highest BCUT2D eigenvalue weighted by Crippen LogP contribution is 2.32. The highest BCUT2D eigenvalue weighted by Gasteiger charge is 2.35. The molecule has 0 aliphatic carbocycles. The molecule has 2 aliphatic heterocycles. The van der Waals surface area contributed by atoms with Crippen LogP contribution >= 0.6 is 0 Å². The number of halogens is 1. The number of ether oxygens (including phenoxy) is 1. The number of Topliss-reactive ketones (excluding diaryl/α,β-unsaturated/α-hetero) is 1.